The van der Waals surface area contributed by atoms with Crippen LogP contribution in [0.15, 0.2) is 18.2 Å². The fourth-order valence-corrected chi connectivity index (χ4v) is 4.58. The minimum absolute atomic E-state index is 0.0190. The molecule has 0 bridgehead atoms. The number of likely N-dealkylation sites (N-methyl/N-ethyl adjacent to an activating group) is 1. The first-order chi connectivity index (χ1) is 16.5. The third-order valence-corrected chi connectivity index (χ3v) is 6.52. The Morgan fingerprint density at radius 3 is 2.44 bits per heavy atom. The molecule has 1 saturated heterocycles. The summed E-state index contributed by atoms with van der Waals surface area (Å²) in [5.74, 6) is 0.171. The lowest BCUT2D eigenvalue weighted by Crippen LogP contribution is -2.34. The molecule has 8 heteroatoms. The molecule has 3 rings (SSSR count). The van der Waals surface area contributed by atoms with Crippen molar-refractivity contribution in [2.24, 2.45) is 5.92 Å². The van der Waals surface area contributed by atoms with Crippen molar-refractivity contribution in [2.75, 3.05) is 46.7 Å². The highest BCUT2D eigenvalue weighted by atomic mass is 16.7. The Morgan fingerprint density at radius 1 is 1.18 bits per heavy atom. The lowest BCUT2D eigenvalue weighted by atomic mass is 9.84. The molecule has 3 unspecified atom stereocenters. The quantitative estimate of drug-likeness (QED) is 0.339. The molecule has 1 aromatic carbocycles. The smallest absolute Gasteiger partial charge is 0.308 e. The number of rotatable bonds is 13. The maximum atomic E-state index is 11.9. The van der Waals surface area contributed by atoms with E-state index in [1.54, 1.807) is 0 Å². The maximum absolute atomic E-state index is 11.9. The zero-order chi connectivity index (χ0) is 24.9. The summed E-state index contributed by atoms with van der Waals surface area (Å²) < 4.78 is 16.2. The van der Waals surface area contributed by atoms with Gasteiger partial charge in [0.05, 0.1) is 5.92 Å². The van der Waals surface area contributed by atoms with Crippen LogP contribution in [0, 0.1) is 5.92 Å². The molecule has 2 aliphatic rings. The first-order valence-electron chi connectivity index (χ1n) is 12.6. The Bertz CT molecular complexity index is 751. The Labute approximate surface area is 204 Å². The fraction of sp³-hybridized carbons (Fsp3) is 0.692. The Balaban J connectivity index is 0.000000316. The number of aliphatic carboxylic acids is 1. The SMILES string of the molecule is CCCCN(C=O)CCCC.CCOCCC1C(C(=O)O)C(c2ccc3c(c2)OCO3)CN1C. The van der Waals surface area contributed by atoms with Gasteiger partial charge in [0.25, 0.3) is 0 Å². The lowest BCUT2D eigenvalue weighted by molar-refractivity contribution is -0.143. The molecule has 1 fully saturated rings. The summed E-state index contributed by atoms with van der Waals surface area (Å²) in [6.07, 6.45) is 6.27. The van der Waals surface area contributed by atoms with Crippen molar-refractivity contribution in [1.29, 1.82) is 0 Å². The van der Waals surface area contributed by atoms with Crippen LogP contribution in [-0.2, 0) is 14.3 Å². The molecule has 0 spiro atoms. The van der Waals surface area contributed by atoms with E-state index in [1.807, 2.05) is 37.1 Å². The third-order valence-electron chi connectivity index (χ3n) is 6.52. The van der Waals surface area contributed by atoms with Gasteiger partial charge in [0.2, 0.25) is 13.2 Å². The van der Waals surface area contributed by atoms with Gasteiger partial charge in [0.15, 0.2) is 11.5 Å². The van der Waals surface area contributed by atoms with Gasteiger partial charge in [-0.05, 0) is 50.9 Å². The summed E-state index contributed by atoms with van der Waals surface area (Å²) in [4.78, 5) is 26.3. The standard InChI is InChI=1S/C17H23NO5.C9H19NO/c1-3-21-7-6-13-16(17(19)20)12(9-18(13)2)11-4-5-14-15(8-11)23-10-22-14;1-3-5-7-10(9-11)8-6-4-2/h4-5,8,12-13,16H,3,6-7,9-10H2,1-2H3,(H,19,20);9H,3-8H2,1-2H3. The van der Waals surface area contributed by atoms with Gasteiger partial charge in [0, 0.05) is 44.8 Å². The molecule has 2 aliphatic heterocycles. The number of hydrogen-bond donors (Lipinski definition) is 1. The van der Waals surface area contributed by atoms with Crippen molar-refractivity contribution in [3.05, 3.63) is 23.8 Å². The van der Waals surface area contributed by atoms with E-state index in [2.05, 4.69) is 18.7 Å². The number of amides is 1. The zero-order valence-corrected chi connectivity index (χ0v) is 21.2. The Hall–Kier alpha value is -2.32. The van der Waals surface area contributed by atoms with E-state index >= 15 is 0 Å². The number of unbranched alkanes of at least 4 members (excludes halogenated alkanes) is 2. The molecule has 34 heavy (non-hydrogen) atoms. The van der Waals surface area contributed by atoms with Crippen LogP contribution in [-0.4, -0.2) is 80.0 Å². The topological polar surface area (TPSA) is 88.5 Å². The lowest BCUT2D eigenvalue weighted by Gasteiger charge is -2.23. The number of benzene rings is 1. The number of hydrogen-bond acceptors (Lipinski definition) is 6. The van der Waals surface area contributed by atoms with E-state index in [0.717, 1.165) is 62.9 Å². The second-order valence-electron chi connectivity index (χ2n) is 8.92. The molecule has 1 N–H and O–H groups in total. The molecular weight excluding hydrogens is 436 g/mol. The first-order valence-corrected chi connectivity index (χ1v) is 12.6. The molecule has 8 nitrogen and oxygen atoms in total. The van der Waals surface area contributed by atoms with Crippen LogP contribution < -0.4 is 9.47 Å². The van der Waals surface area contributed by atoms with E-state index in [-0.39, 0.29) is 18.8 Å². The number of likely N-dealkylation sites (tertiary alicyclic amines) is 1. The maximum Gasteiger partial charge on any atom is 0.308 e. The van der Waals surface area contributed by atoms with Gasteiger partial charge in [-0.1, -0.05) is 32.8 Å². The highest BCUT2D eigenvalue weighted by Gasteiger charge is 2.45. The molecule has 0 aromatic heterocycles. The summed E-state index contributed by atoms with van der Waals surface area (Å²) in [5, 5.41) is 9.76. The fourth-order valence-electron chi connectivity index (χ4n) is 4.58. The van der Waals surface area contributed by atoms with E-state index in [4.69, 9.17) is 14.2 Å². The molecule has 0 aliphatic carbocycles. The summed E-state index contributed by atoms with van der Waals surface area (Å²) in [7, 11) is 1.99. The van der Waals surface area contributed by atoms with Crippen LogP contribution in [0.1, 0.15) is 64.4 Å². The van der Waals surface area contributed by atoms with E-state index < -0.39 is 11.9 Å². The molecule has 1 amide bonds. The highest BCUT2D eigenvalue weighted by Crippen LogP contribution is 2.42. The van der Waals surface area contributed by atoms with Gasteiger partial charge in [-0.15, -0.1) is 0 Å². The third kappa shape index (κ3) is 7.87. The Kier molecular flexibility index (Phi) is 12.2. The second kappa shape index (κ2) is 14.8. The van der Waals surface area contributed by atoms with Crippen molar-refractivity contribution < 1.29 is 28.9 Å². The average molecular weight is 479 g/mol. The normalized spacial score (nSPS) is 21.1. The number of carboxylic acid groups (broad SMARTS) is 1. The van der Waals surface area contributed by atoms with Gasteiger partial charge in [0.1, 0.15) is 0 Å². The van der Waals surface area contributed by atoms with Crippen molar-refractivity contribution in [1.82, 2.24) is 9.80 Å². The van der Waals surface area contributed by atoms with Crippen LogP contribution in [0.5, 0.6) is 11.5 Å². The van der Waals surface area contributed by atoms with E-state index in [1.165, 1.54) is 0 Å². The number of nitrogens with zero attached hydrogens (tertiary/aromatic N) is 2. The average Bonchev–Trinajstić information content (AvgIpc) is 3.43. The van der Waals surface area contributed by atoms with Crippen molar-refractivity contribution >= 4 is 12.4 Å². The van der Waals surface area contributed by atoms with E-state index in [0.29, 0.717) is 25.5 Å². The minimum atomic E-state index is -0.751. The summed E-state index contributed by atoms with van der Waals surface area (Å²) in [6.45, 7) is 10.3. The van der Waals surface area contributed by atoms with E-state index in [9.17, 15) is 14.7 Å². The predicted molar refractivity (Wildman–Crippen MR) is 131 cm³/mol. The molecule has 0 radical (unpaired) electrons. The number of carboxylic acids is 1. The number of carbonyl (C=O) groups excluding carboxylic acids is 1. The van der Waals surface area contributed by atoms with Gasteiger partial charge in [-0.3, -0.25) is 9.59 Å². The van der Waals surface area contributed by atoms with Crippen molar-refractivity contribution in [3.63, 3.8) is 0 Å². The number of fused-ring (bicyclic) bond motifs is 1. The molecule has 1 aromatic rings. The van der Waals surface area contributed by atoms with Gasteiger partial charge < -0.3 is 29.1 Å². The summed E-state index contributed by atoms with van der Waals surface area (Å²) >= 11 is 0. The molecular formula is C26H42N2O6. The van der Waals surface area contributed by atoms with Crippen molar-refractivity contribution in [2.45, 2.75) is 64.8 Å². The summed E-state index contributed by atoms with van der Waals surface area (Å²) in [6, 6.07) is 5.72. The van der Waals surface area contributed by atoms with Crippen LogP contribution in [0.25, 0.3) is 0 Å². The Morgan fingerprint density at radius 2 is 1.85 bits per heavy atom. The number of ether oxygens (including phenoxy) is 3. The van der Waals surface area contributed by atoms with Crippen LogP contribution in [0.4, 0.5) is 0 Å². The van der Waals surface area contributed by atoms with Crippen LogP contribution in [0.3, 0.4) is 0 Å². The minimum Gasteiger partial charge on any atom is -0.481 e. The molecule has 3 atom stereocenters. The molecule has 0 saturated carbocycles. The van der Waals surface area contributed by atoms with Gasteiger partial charge >= 0.3 is 5.97 Å². The molecule has 192 valence electrons. The van der Waals surface area contributed by atoms with Crippen LogP contribution >= 0.6 is 0 Å². The van der Waals surface area contributed by atoms with Crippen LogP contribution in [0.2, 0.25) is 0 Å². The largest absolute Gasteiger partial charge is 0.481 e. The predicted octanol–water partition coefficient (Wildman–Crippen LogP) is 3.99. The first kappa shape index (κ1) is 27.9. The zero-order valence-electron chi connectivity index (χ0n) is 21.2. The van der Waals surface area contributed by atoms with Gasteiger partial charge in [-0.25, -0.2) is 0 Å². The summed E-state index contributed by atoms with van der Waals surface area (Å²) in [5.41, 5.74) is 0.993. The highest BCUT2D eigenvalue weighted by molar-refractivity contribution is 5.73. The number of carbonyl (C=O) groups is 2. The second-order valence-corrected chi connectivity index (χ2v) is 8.92. The monoisotopic (exact) mass is 478 g/mol. The van der Waals surface area contributed by atoms with Gasteiger partial charge in [-0.2, -0.15) is 0 Å². The van der Waals surface area contributed by atoms with Crippen molar-refractivity contribution in [3.8, 4) is 11.5 Å². The molecule has 2 heterocycles.